The topological polar surface area (TPSA) is 70.7 Å². The van der Waals surface area contributed by atoms with E-state index in [-0.39, 0.29) is 24.0 Å². The van der Waals surface area contributed by atoms with E-state index in [2.05, 4.69) is 41.5 Å². The Morgan fingerprint density at radius 2 is 2.00 bits per heavy atom. The first-order valence-electron chi connectivity index (χ1n) is 7.85. The number of nitrogens with one attached hydrogen (secondary N) is 2. The highest BCUT2D eigenvalue weighted by Crippen LogP contribution is 2.30. The van der Waals surface area contributed by atoms with Crippen molar-refractivity contribution in [3.63, 3.8) is 0 Å². The van der Waals surface area contributed by atoms with Crippen LogP contribution in [0.3, 0.4) is 0 Å². The molecule has 6 nitrogen and oxygen atoms in total. The minimum atomic E-state index is -0.474. The number of hydrogen-bond acceptors (Lipinski definition) is 4. The van der Waals surface area contributed by atoms with Gasteiger partial charge in [-0.3, -0.25) is 15.0 Å². The number of imide groups is 1. The predicted molar refractivity (Wildman–Crippen MR) is 88.0 cm³/mol. The summed E-state index contributed by atoms with van der Waals surface area (Å²) < 4.78 is 5.99. The Hall–Kier alpha value is -1.92. The Balaban J connectivity index is 1.95. The van der Waals surface area contributed by atoms with Gasteiger partial charge in [0.05, 0.1) is 12.7 Å². The number of nitrogens with zero attached hydrogens (tertiary/aromatic N) is 1. The normalized spacial score (nSPS) is 20.7. The summed E-state index contributed by atoms with van der Waals surface area (Å²) >= 11 is 0. The lowest BCUT2D eigenvalue weighted by Crippen LogP contribution is -2.54. The molecule has 0 aliphatic carbocycles. The summed E-state index contributed by atoms with van der Waals surface area (Å²) in [4.78, 5) is 25.2. The third-order valence-corrected chi connectivity index (χ3v) is 4.14. The van der Waals surface area contributed by atoms with Gasteiger partial charge in [-0.15, -0.1) is 0 Å². The number of carbonyl (C=O) groups excluding carboxylic acids is 2. The number of benzene rings is 1. The molecule has 1 atom stereocenters. The molecule has 6 heteroatoms. The monoisotopic (exact) mass is 319 g/mol. The van der Waals surface area contributed by atoms with Crippen LogP contribution < -0.4 is 10.6 Å². The van der Waals surface area contributed by atoms with Gasteiger partial charge in [-0.1, -0.05) is 30.3 Å². The maximum atomic E-state index is 11.8. The molecule has 2 N–H and O–H groups in total. The first-order valence-corrected chi connectivity index (χ1v) is 7.85. The summed E-state index contributed by atoms with van der Waals surface area (Å²) in [5.74, 6) is -0.275. The second-order valence-corrected chi connectivity index (χ2v) is 6.35. The van der Waals surface area contributed by atoms with E-state index >= 15 is 0 Å². The van der Waals surface area contributed by atoms with Gasteiger partial charge < -0.3 is 10.1 Å². The van der Waals surface area contributed by atoms with Gasteiger partial charge in [0.2, 0.25) is 5.91 Å². The average Bonchev–Trinajstić information content (AvgIpc) is 2.54. The first kappa shape index (κ1) is 17.4. The fourth-order valence-electron chi connectivity index (χ4n) is 2.65. The standard InChI is InChI=1S/C17H25N3O3/c1-17(2)12-23-14(13-7-5-4-6-8-13)11-20(17)10-9-15(21)19-16(22)18-3/h4-8,14H,9-12H2,1-3H3,(H2,18,19,21,22). The molecule has 1 aliphatic rings. The number of hydrogen-bond donors (Lipinski definition) is 2. The van der Waals surface area contributed by atoms with Crippen LogP contribution >= 0.6 is 0 Å². The lowest BCUT2D eigenvalue weighted by atomic mass is 9.98. The molecule has 1 heterocycles. The maximum absolute atomic E-state index is 11.8. The van der Waals surface area contributed by atoms with Crippen LogP contribution in [0.5, 0.6) is 0 Å². The molecule has 1 aliphatic heterocycles. The predicted octanol–water partition coefficient (Wildman–Crippen LogP) is 1.68. The van der Waals surface area contributed by atoms with Gasteiger partial charge in [0.25, 0.3) is 0 Å². The van der Waals surface area contributed by atoms with Crippen molar-refractivity contribution in [1.82, 2.24) is 15.5 Å². The van der Waals surface area contributed by atoms with Gasteiger partial charge in [-0.25, -0.2) is 4.79 Å². The second-order valence-electron chi connectivity index (χ2n) is 6.35. The Morgan fingerprint density at radius 1 is 1.30 bits per heavy atom. The number of carbonyl (C=O) groups is 2. The molecule has 0 saturated carbocycles. The van der Waals surface area contributed by atoms with Gasteiger partial charge in [0, 0.05) is 32.1 Å². The summed E-state index contributed by atoms with van der Waals surface area (Å²) in [6, 6.07) is 9.62. The Morgan fingerprint density at radius 3 is 2.65 bits per heavy atom. The van der Waals surface area contributed by atoms with Crippen LogP contribution in [0, 0.1) is 0 Å². The van der Waals surface area contributed by atoms with Crippen molar-refractivity contribution in [2.45, 2.75) is 31.9 Å². The zero-order valence-corrected chi connectivity index (χ0v) is 14.0. The van der Waals surface area contributed by atoms with E-state index in [4.69, 9.17) is 4.74 Å². The number of amides is 3. The minimum absolute atomic E-state index is 0.00577. The van der Waals surface area contributed by atoms with Gasteiger partial charge in [-0.05, 0) is 19.4 Å². The van der Waals surface area contributed by atoms with Crippen LogP contribution in [0.25, 0.3) is 0 Å². The first-order chi connectivity index (χ1) is 10.9. The summed E-state index contributed by atoms with van der Waals surface area (Å²) in [6.07, 6.45) is 0.282. The van der Waals surface area contributed by atoms with Crippen molar-refractivity contribution in [1.29, 1.82) is 0 Å². The lowest BCUT2D eigenvalue weighted by Gasteiger charge is -2.45. The zero-order chi connectivity index (χ0) is 16.9. The van der Waals surface area contributed by atoms with E-state index in [0.29, 0.717) is 13.2 Å². The Labute approximate surface area is 137 Å². The van der Waals surface area contributed by atoms with Crippen molar-refractivity contribution in [3.8, 4) is 0 Å². The summed E-state index contributed by atoms with van der Waals surface area (Å²) in [7, 11) is 1.48. The van der Waals surface area contributed by atoms with E-state index in [1.165, 1.54) is 7.05 Å². The molecule has 3 amide bonds. The lowest BCUT2D eigenvalue weighted by molar-refractivity contribution is -0.124. The highest BCUT2D eigenvalue weighted by Gasteiger charge is 2.35. The number of rotatable bonds is 4. The van der Waals surface area contributed by atoms with Crippen LogP contribution in [0.4, 0.5) is 4.79 Å². The van der Waals surface area contributed by atoms with Crippen molar-refractivity contribution in [2.75, 3.05) is 26.7 Å². The molecule has 1 saturated heterocycles. The van der Waals surface area contributed by atoms with Crippen LogP contribution in [0.1, 0.15) is 31.9 Å². The number of morpholine rings is 1. The molecule has 1 unspecified atom stereocenters. The summed E-state index contributed by atoms with van der Waals surface area (Å²) in [6.45, 7) is 6.12. The molecule has 1 aromatic rings. The Bertz CT molecular complexity index is 545. The molecule has 126 valence electrons. The molecular formula is C17H25N3O3. The molecule has 23 heavy (non-hydrogen) atoms. The van der Waals surface area contributed by atoms with E-state index < -0.39 is 6.03 Å². The van der Waals surface area contributed by atoms with E-state index in [1.807, 2.05) is 18.2 Å². The van der Waals surface area contributed by atoms with Crippen molar-refractivity contribution < 1.29 is 14.3 Å². The van der Waals surface area contributed by atoms with E-state index in [9.17, 15) is 9.59 Å². The summed E-state index contributed by atoms with van der Waals surface area (Å²) in [5.41, 5.74) is 1.00. The van der Waals surface area contributed by atoms with Crippen LogP contribution in [-0.4, -0.2) is 49.1 Å². The molecule has 0 aromatic heterocycles. The molecule has 0 spiro atoms. The van der Waals surface area contributed by atoms with Gasteiger partial charge in [-0.2, -0.15) is 0 Å². The van der Waals surface area contributed by atoms with Gasteiger partial charge in [0.15, 0.2) is 0 Å². The van der Waals surface area contributed by atoms with Crippen LogP contribution in [0.2, 0.25) is 0 Å². The zero-order valence-electron chi connectivity index (χ0n) is 14.0. The quantitative estimate of drug-likeness (QED) is 0.886. The van der Waals surface area contributed by atoms with Gasteiger partial charge >= 0.3 is 6.03 Å². The van der Waals surface area contributed by atoms with Gasteiger partial charge in [0.1, 0.15) is 0 Å². The van der Waals surface area contributed by atoms with Crippen molar-refractivity contribution >= 4 is 11.9 Å². The third kappa shape index (κ3) is 4.77. The smallest absolute Gasteiger partial charge is 0.321 e. The Kier molecular flexibility index (Phi) is 5.74. The molecule has 1 fully saturated rings. The van der Waals surface area contributed by atoms with E-state index in [1.54, 1.807) is 0 Å². The summed E-state index contributed by atoms with van der Waals surface area (Å²) in [5, 5.41) is 4.67. The molecule has 1 aromatic carbocycles. The number of ether oxygens (including phenoxy) is 1. The highest BCUT2D eigenvalue weighted by molar-refractivity contribution is 5.94. The van der Waals surface area contributed by atoms with Crippen LogP contribution in [0.15, 0.2) is 30.3 Å². The minimum Gasteiger partial charge on any atom is -0.370 e. The molecule has 0 radical (unpaired) electrons. The van der Waals surface area contributed by atoms with E-state index in [0.717, 1.165) is 12.1 Å². The molecule has 0 bridgehead atoms. The maximum Gasteiger partial charge on any atom is 0.321 e. The number of urea groups is 1. The fraction of sp³-hybridized carbons (Fsp3) is 0.529. The molecular weight excluding hydrogens is 294 g/mol. The van der Waals surface area contributed by atoms with Crippen molar-refractivity contribution in [3.05, 3.63) is 35.9 Å². The average molecular weight is 319 g/mol. The SMILES string of the molecule is CNC(=O)NC(=O)CCN1CC(c2ccccc2)OCC1(C)C. The fourth-order valence-corrected chi connectivity index (χ4v) is 2.65. The highest BCUT2D eigenvalue weighted by atomic mass is 16.5. The second kappa shape index (κ2) is 7.57. The van der Waals surface area contributed by atoms with Crippen molar-refractivity contribution in [2.24, 2.45) is 0 Å². The van der Waals surface area contributed by atoms with Crippen LogP contribution in [-0.2, 0) is 9.53 Å². The molecule has 2 rings (SSSR count). The third-order valence-electron chi connectivity index (χ3n) is 4.14. The largest absolute Gasteiger partial charge is 0.370 e.